The highest BCUT2D eigenvalue weighted by atomic mass is 16.1. The van der Waals surface area contributed by atoms with Gasteiger partial charge in [0.1, 0.15) is 0 Å². The lowest BCUT2D eigenvalue weighted by Crippen LogP contribution is -2.50. The van der Waals surface area contributed by atoms with Gasteiger partial charge in [0.25, 0.3) is 5.56 Å². The molecule has 1 unspecified atom stereocenters. The summed E-state index contributed by atoms with van der Waals surface area (Å²) < 4.78 is 2.07. The first-order valence-corrected chi connectivity index (χ1v) is 10.9. The number of aryl methyl sites for hydroxylation is 1. The molecule has 0 radical (unpaired) electrons. The molecule has 4 aliphatic rings. The fraction of sp³-hybridized carbons (Fsp3) is 0.458. The normalized spacial score (nSPS) is 28.0. The van der Waals surface area contributed by atoms with Crippen LogP contribution in [0.2, 0.25) is 0 Å². The summed E-state index contributed by atoms with van der Waals surface area (Å²) in [5.41, 5.74) is 4.27. The number of benzene rings is 1. The third-order valence-electron chi connectivity index (χ3n) is 7.45. The molecule has 3 aliphatic heterocycles. The number of nitrogens with zero attached hydrogens (tertiary/aromatic N) is 4. The third kappa shape index (κ3) is 2.83. The summed E-state index contributed by atoms with van der Waals surface area (Å²) in [7, 11) is 0. The van der Waals surface area contributed by atoms with Gasteiger partial charge < -0.3 is 4.90 Å². The van der Waals surface area contributed by atoms with E-state index in [4.69, 9.17) is 5.10 Å². The van der Waals surface area contributed by atoms with Gasteiger partial charge in [-0.15, -0.1) is 0 Å². The number of hydrogen-bond donors (Lipinski definition) is 0. The molecule has 5 heteroatoms. The summed E-state index contributed by atoms with van der Waals surface area (Å²) in [5.74, 6) is 1.66. The van der Waals surface area contributed by atoms with E-state index in [2.05, 4.69) is 38.8 Å². The molecule has 7 rings (SSSR count). The summed E-state index contributed by atoms with van der Waals surface area (Å²) in [5, 5.41) is 6.04. The van der Waals surface area contributed by atoms with E-state index in [1.165, 1.54) is 31.5 Å². The van der Waals surface area contributed by atoms with Crippen molar-refractivity contribution >= 4 is 10.9 Å². The smallest absolute Gasteiger partial charge is 0.273 e. The van der Waals surface area contributed by atoms with Crippen LogP contribution in [0.3, 0.4) is 0 Å². The molecule has 5 nitrogen and oxygen atoms in total. The maximum atomic E-state index is 13.1. The van der Waals surface area contributed by atoms with Gasteiger partial charge in [-0.1, -0.05) is 30.3 Å². The molecule has 1 aromatic carbocycles. The van der Waals surface area contributed by atoms with E-state index >= 15 is 0 Å². The first-order valence-electron chi connectivity index (χ1n) is 10.9. The van der Waals surface area contributed by atoms with Crippen molar-refractivity contribution in [3.8, 4) is 0 Å². The molecule has 5 heterocycles. The Bertz CT molecular complexity index is 1110. The van der Waals surface area contributed by atoms with Crippen molar-refractivity contribution < 1.29 is 0 Å². The van der Waals surface area contributed by atoms with Crippen molar-refractivity contribution in [2.45, 2.75) is 38.1 Å². The molecule has 0 amide bonds. The fourth-order valence-electron chi connectivity index (χ4n) is 6.07. The summed E-state index contributed by atoms with van der Waals surface area (Å²) >= 11 is 0. The van der Waals surface area contributed by atoms with Crippen molar-refractivity contribution in [2.24, 2.45) is 11.8 Å². The standard InChI is InChI=1S/C24H26N4O/c29-24-22-18(19-15-27-12-9-17(19)10-13-27)6-7-20-23(22)21(8-11-25-24)28(26-20)14-16-4-2-1-3-5-16/h1-5,8,11,17-19H,6-7,9-10,12-15H2/t18-,19?/m0/s1. The Morgan fingerprint density at radius 3 is 2.62 bits per heavy atom. The Balaban J connectivity index is 1.49. The summed E-state index contributed by atoms with van der Waals surface area (Å²) in [6.45, 7) is 4.32. The minimum atomic E-state index is -0.0401. The van der Waals surface area contributed by atoms with E-state index in [1.54, 1.807) is 6.20 Å². The lowest BCUT2D eigenvalue weighted by atomic mass is 9.67. The maximum Gasteiger partial charge on any atom is 0.273 e. The molecular weight excluding hydrogens is 360 g/mol. The van der Waals surface area contributed by atoms with Gasteiger partial charge in [0, 0.05) is 23.7 Å². The molecule has 2 atom stereocenters. The predicted molar refractivity (Wildman–Crippen MR) is 113 cm³/mol. The van der Waals surface area contributed by atoms with Gasteiger partial charge in [-0.25, -0.2) is 4.98 Å². The lowest BCUT2D eigenvalue weighted by Gasteiger charge is -2.48. The zero-order valence-electron chi connectivity index (χ0n) is 16.6. The minimum Gasteiger partial charge on any atom is -0.303 e. The second-order valence-corrected chi connectivity index (χ2v) is 8.96. The first kappa shape index (κ1) is 17.3. The van der Waals surface area contributed by atoms with Crippen LogP contribution >= 0.6 is 0 Å². The molecule has 2 aromatic heterocycles. The lowest BCUT2D eigenvalue weighted by molar-refractivity contribution is 0.0345. The number of rotatable bonds is 3. The molecule has 3 fully saturated rings. The van der Waals surface area contributed by atoms with Gasteiger partial charge in [0.2, 0.25) is 0 Å². The molecule has 29 heavy (non-hydrogen) atoms. The predicted octanol–water partition coefficient (Wildman–Crippen LogP) is 3.21. The minimum absolute atomic E-state index is 0.0401. The third-order valence-corrected chi connectivity index (χ3v) is 7.45. The molecule has 0 spiro atoms. The number of fused-ring (bicyclic) bond motifs is 3. The molecule has 2 bridgehead atoms. The topological polar surface area (TPSA) is 51.0 Å². The Morgan fingerprint density at radius 2 is 1.86 bits per heavy atom. The second-order valence-electron chi connectivity index (χ2n) is 8.96. The van der Waals surface area contributed by atoms with E-state index in [-0.39, 0.29) is 5.56 Å². The van der Waals surface area contributed by atoms with Gasteiger partial charge in [0.05, 0.1) is 17.8 Å². The van der Waals surface area contributed by atoms with Crippen LogP contribution in [0.4, 0.5) is 0 Å². The Hall–Kier alpha value is -2.53. The van der Waals surface area contributed by atoms with E-state index in [9.17, 15) is 4.79 Å². The van der Waals surface area contributed by atoms with Crippen LogP contribution in [-0.2, 0) is 13.0 Å². The number of piperidine rings is 3. The quantitative estimate of drug-likeness (QED) is 0.694. The van der Waals surface area contributed by atoms with Crippen LogP contribution in [0, 0.1) is 11.8 Å². The van der Waals surface area contributed by atoms with Gasteiger partial charge in [-0.3, -0.25) is 9.48 Å². The second kappa shape index (κ2) is 6.77. The largest absolute Gasteiger partial charge is 0.303 e. The molecule has 0 saturated carbocycles. The molecule has 0 N–H and O–H groups in total. The molecule has 3 aromatic rings. The van der Waals surface area contributed by atoms with Crippen molar-refractivity contribution in [2.75, 3.05) is 19.6 Å². The highest BCUT2D eigenvalue weighted by Crippen LogP contribution is 2.46. The zero-order valence-corrected chi connectivity index (χ0v) is 16.6. The van der Waals surface area contributed by atoms with E-state index in [0.717, 1.165) is 54.0 Å². The monoisotopic (exact) mass is 386 g/mol. The van der Waals surface area contributed by atoms with Crippen LogP contribution in [0.25, 0.3) is 10.9 Å². The van der Waals surface area contributed by atoms with E-state index in [0.29, 0.717) is 11.8 Å². The van der Waals surface area contributed by atoms with Crippen molar-refractivity contribution in [3.63, 3.8) is 0 Å². The summed E-state index contributed by atoms with van der Waals surface area (Å²) in [6.07, 6.45) is 6.24. The van der Waals surface area contributed by atoms with Gasteiger partial charge in [-0.2, -0.15) is 5.10 Å². The molecule has 3 saturated heterocycles. The molecule has 148 valence electrons. The average molecular weight is 386 g/mol. The van der Waals surface area contributed by atoms with Crippen LogP contribution in [0.15, 0.2) is 47.4 Å². The zero-order chi connectivity index (χ0) is 19.4. The van der Waals surface area contributed by atoms with Crippen molar-refractivity contribution in [1.82, 2.24) is 19.7 Å². The average Bonchev–Trinajstić information content (AvgIpc) is 3.00. The van der Waals surface area contributed by atoms with E-state index < -0.39 is 0 Å². The number of hydrogen-bond acceptors (Lipinski definition) is 4. The summed E-state index contributed by atoms with van der Waals surface area (Å²) in [4.78, 5) is 20.0. The highest BCUT2D eigenvalue weighted by molar-refractivity contribution is 5.86. The van der Waals surface area contributed by atoms with Gasteiger partial charge in [-0.05, 0) is 68.2 Å². The first-order chi connectivity index (χ1) is 14.3. The van der Waals surface area contributed by atoms with Gasteiger partial charge in [0.15, 0.2) is 0 Å². The molecular formula is C24H26N4O. The van der Waals surface area contributed by atoms with Crippen LogP contribution < -0.4 is 5.56 Å². The number of aromatic nitrogens is 3. The van der Waals surface area contributed by atoms with Crippen LogP contribution in [-0.4, -0.2) is 39.3 Å². The van der Waals surface area contributed by atoms with Crippen LogP contribution in [0.5, 0.6) is 0 Å². The SMILES string of the molecule is O=c1nccc2c3c(nn2Cc2ccccc2)CC[C@@H](C2CN4CCC2CC4)c13. The van der Waals surface area contributed by atoms with Gasteiger partial charge >= 0.3 is 0 Å². The molecule has 1 aliphatic carbocycles. The highest BCUT2D eigenvalue weighted by Gasteiger charge is 2.42. The van der Waals surface area contributed by atoms with E-state index in [1.807, 2.05) is 12.1 Å². The van der Waals surface area contributed by atoms with Crippen molar-refractivity contribution in [3.05, 3.63) is 69.8 Å². The Kier molecular flexibility index (Phi) is 4.05. The Morgan fingerprint density at radius 1 is 1.03 bits per heavy atom. The fourth-order valence-corrected chi connectivity index (χ4v) is 6.07. The van der Waals surface area contributed by atoms with Crippen LogP contribution in [0.1, 0.15) is 42.0 Å². The summed E-state index contributed by atoms with van der Waals surface area (Å²) in [6, 6.07) is 12.4. The van der Waals surface area contributed by atoms with Crippen molar-refractivity contribution in [1.29, 1.82) is 0 Å². The maximum absolute atomic E-state index is 13.1. The Labute approximate surface area is 170 Å².